The van der Waals surface area contributed by atoms with Gasteiger partial charge in [0.2, 0.25) is 5.91 Å². The molecule has 1 amide bonds. The summed E-state index contributed by atoms with van der Waals surface area (Å²) in [5, 5.41) is 4.30. The number of imidazole rings is 1. The number of carbonyl (C=O) groups excluding carboxylic acids is 1. The normalized spacial score (nSPS) is 12.0. The molecule has 2 heterocycles. The lowest BCUT2D eigenvalue weighted by Crippen LogP contribution is -2.27. The van der Waals surface area contributed by atoms with Gasteiger partial charge in [-0.1, -0.05) is 78.4 Å². The van der Waals surface area contributed by atoms with Crippen LogP contribution in [0.15, 0.2) is 97.6 Å². The Balaban J connectivity index is 1.46. The number of hydrogen-bond acceptors (Lipinski definition) is 2. The second kappa shape index (κ2) is 10.4. The van der Waals surface area contributed by atoms with Crippen LogP contribution in [0, 0.1) is 6.92 Å². The van der Waals surface area contributed by atoms with E-state index in [1.807, 2.05) is 6.07 Å². The number of nitrogens with zero attached hydrogens (tertiary/aromatic N) is 2. The molecule has 0 bridgehead atoms. The first-order valence-electron chi connectivity index (χ1n) is 12.1. The van der Waals surface area contributed by atoms with Gasteiger partial charge in [-0.05, 0) is 29.7 Å². The van der Waals surface area contributed by atoms with Gasteiger partial charge in [0.1, 0.15) is 0 Å². The summed E-state index contributed by atoms with van der Waals surface area (Å²) in [4.78, 5) is 20.2. The molecule has 0 fully saturated rings. The van der Waals surface area contributed by atoms with Crippen molar-refractivity contribution in [2.45, 2.75) is 32.2 Å². The number of carbonyl (C=O) groups is 1. The van der Waals surface area contributed by atoms with Crippen LogP contribution in [0.2, 0.25) is 0 Å². The van der Waals surface area contributed by atoms with Crippen molar-refractivity contribution in [1.82, 2.24) is 19.9 Å². The highest BCUT2D eigenvalue weighted by Gasteiger charge is 2.23. The van der Waals surface area contributed by atoms with E-state index in [-0.39, 0.29) is 11.8 Å². The summed E-state index contributed by atoms with van der Waals surface area (Å²) in [5.41, 5.74) is 7.00. The number of nitrogens with one attached hydrogen (secondary N) is 2. The van der Waals surface area contributed by atoms with Gasteiger partial charge in [-0.3, -0.25) is 4.79 Å². The maximum atomic E-state index is 13.1. The van der Waals surface area contributed by atoms with Crippen LogP contribution in [0.3, 0.4) is 0 Å². The van der Waals surface area contributed by atoms with Gasteiger partial charge in [0.25, 0.3) is 0 Å². The number of rotatable bonds is 9. The molecule has 0 saturated carbocycles. The fourth-order valence-electron chi connectivity index (χ4n) is 4.77. The topological polar surface area (TPSA) is 62.7 Å². The molecule has 176 valence electrons. The van der Waals surface area contributed by atoms with Gasteiger partial charge < -0.3 is 14.9 Å². The Morgan fingerprint density at radius 3 is 2.66 bits per heavy atom. The number of para-hydroxylation sites is 1. The van der Waals surface area contributed by atoms with Crippen molar-refractivity contribution in [1.29, 1.82) is 0 Å². The number of benzene rings is 3. The zero-order chi connectivity index (χ0) is 24.0. The van der Waals surface area contributed by atoms with Gasteiger partial charge >= 0.3 is 0 Å². The second-order valence-corrected chi connectivity index (χ2v) is 9.06. The Bertz CT molecular complexity index is 1400. The number of hydrogen-bond donors (Lipinski definition) is 2. The summed E-state index contributed by atoms with van der Waals surface area (Å²) in [6, 6.07) is 27.5. The summed E-state index contributed by atoms with van der Waals surface area (Å²) in [7, 11) is 0. The predicted molar refractivity (Wildman–Crippen MR) is 140 cm³/mol. The third kappa shape index (κ3) is 5.35. The van der Waals surface area contributed by atoms with E-state index < -0.39 is 0 Å². The fourth-order valence-corrected chi connectivity index (χ4v) is 4.77. The molecule has 5 nitrogen and oxygen atoms in total. The molecule has 0 saturated heterocycles. The lowest BCUT2D eigenvalue weighted by Gasteiger charge is -2.18. The molecule has 0 aliphatic carbocycles. The van der Waals surface area contributed by atoms with Crippen LogP contribution < -0.4 is 5.32 Å². The summed E-state index contributed by atoms with van der Waals surface area (Å²) in [6.45, 7) is 3.47. The fraction of sp³-hybridized carbons (Fsp3) is 0.200. The van der Waals surface area contributed by atoms with Crippen LogP contribution in [0.1, 0.15) is 40.3 Å². The first-order chi connectivity index (χ1) is 17.2. The van der Waals surface area contributed by atoms with Crippen LogP contribution in [0.5, 0.6) is 0 Å². The summed E-state index contributed by atoms with van der Waals surface area (Å²) >= 11 is 0. The quantitative estimate of drug-likeness (QED) is 0.299. The van der Waals surface area contributed by atoms with Crippen LogP contribution >= 0.6 is 0 Å². The smallest absolute Gasteiger partial charge is 0.220 e. The number of amides is 1. The molecule has 3 aromatic carbocycles. The van der Waals surface area contributed by atoms with Gasteiger partial charge in [0.05, 0.1) is 6.33 Å². The van der Waals surface area contributed by atoms with Gasteiger partial charge in [-0.2, -0.15) is 0 Å². The zero-order valence-electron chi connectivity index (χ0n) is 19.9. The minimum absolute atomic E-state index is 0.0380. The summed E-state index contributed by atoms with van der Waals surface area (Å²) in [6.07, 6.45) is 6.82. The highest BCUT2D eigenvalue weighted by atomic mass is 16.1. The summed E-state index contributed by atoms with van der Waals surface area (Å²) in [5.74, 6) is 0.0138. The lowest BCUT2D eigenvalue weighted by atomic mass is 9.87. The van der Waals surface area contributed by atoms with Crippen LogP contribution in [-0.4, -0.2) is 27.0 Å². The molecule has 1 atom stereocenters. The molecule has 2 aromatic heterocycles. The van der Waals surface area contributed by atoms with E-state index in [4.69, 9.17) is 0 Å². The Kier molecular flexibility index (Phi) is 6.75. The Morgan fingerprint density at radius 1 is 1.03 bits per heavy atom. The van der Waals surface area contributed by atoms with Crippen molar-refractivity contribution in [3.8, 4) is 0 Å². The minimum atomic E-state index is -0.0380. The van der Waals surface area contributed by atoms with Gasteiger partial charge in [-0.15, -0.1) is 0 Å². The number of aromatic nitrogens is 3. The van der Waals surface area contributed by atoms with Crippen molar-refractivity contribution >= 4 is 16.8 Å². The number of aryl methyl sites for hydroxylation is 1. The minimum Gasteiger partial charge on any atom is -0.356 e. The predicted octanol–water partition coefficient (Wildman–Crippen LogP) is 5.60. The van der Waals surface area contributed by atoms with Crippen LogP contribution in [0.25, 0.3) is 10.9 Å². The van der Waals surface area contributed by atoms with E-state index in [9.17, 15) is 4.79 Å². The number of fused-ring (bicyclic) bond motifs is 1. The average Bonchev–Trinajstić information content (AvgIpc) is 3.52. The molecule has 35 heavy (non-hydrogen) atoms. The third-order valence-corrected chi connectivity index (χ3v) is 6.50. The summed E-state index contributed by atoms with van der Waals surface area (Å²) < 4.78 is 2.30. The Morgan fingerprint density at radius 2 is 1.86 bits per heavy atom. The maximum Gasteiger partial charge on any atom is 0.220 e. The Hall–Kier alpha value is -4.12. The van der Waals surface area contributed by atoms with E-state index in [2.05, 4.69) is 106 Å². The number of H-pyrrole nitrogens is 1. The maximum absolute atomic E-state index is 13.1. The van der Waals surface area contributed by atoms with Crippen LogP contribution in [0.4, 0.5) is 0 Å². The molecule has 0 spiro atoms. The molecule has 5 heteroatoms. The molecular weight excluding hydrogens is 432 g/mol. The largest absolute Gasteiger partial charge is 0.356 e. The molecule has 0 aliphatic rings. The highest BCUT2D eigenvalue weighted by Crippen LogP contribution is 2.35. The van der Waals surface area contributed by atoms with E-state index in [0.717, 1.165) is 24.2 Å². The Labute approximate surface area is 205 Å². The van der Waals surface area contributed by atoms with Crippen molar-refractivity contribution in [2.75, 3.05) is 6.54 Å². The van der Waals surface area contributed by atoms with Gasteiger partial charge in [0.15, 0.2) is 0 Å². The molecule has 0 aliphatic heterocycles. The standard InChI is InChI=1S/C30H30N4O/c1-22-8-7-11-24(16-22)27(17-30(35)32-15-14-25-18-31-21-33-25)28-20-34(19-23-9-3-2-4-10-23)29-13-6-5-12-26(28)29/h2-13,16,18,20-21,27H,14-15,17,19H2,1H3,(H,31,33)(H,32,35). The van der Waals surface area contributed by atoms with Crippen molar-refractivity contribution in [3.63, 3.8) is 0 Å². The van der Waals surface area contributed by atoms with E-state index in [1.165, 1.54) is 27.6 Å². The van der Waals surface area contributed by atoms with Gasteiger partial charge in [-0.25, -0.2) is 4.98 Å². The zero-order valence-corrected chi connectivity index (χ0v) is 19.9. The molecule has 5 aromatic rings. The second-order valence-electron chi connectivity index (χ2n) is 9.06. The van der Waals surface area contributed by atoms with Crippen molar-refractivity contribution in [3.05, 3.63) is 126 Å². The monoisotopic (exact) mass is 462 g/mol. The molecule has 1 unspecified atom stereocenters. The first-order valence-corrected chi connectivity index (χ1v) is 12.1. The van der Waals surface area contributed by atoms with Crippen molar-refractivity contribution < 1.29 is 4.79 Å². The van der Waals surface area contributed by atoms with E-state index in [0.29, 0.717) is 13.0 Å². The highest BCUT2D eigenvalue weighted by molar-refractivity contribution is 5.86. The average molecular weight is 463 g/mol. The SMILES string of the molecule is Cc1cccc(C(CC(=O)NCCc2cnc[nH]2)c2cn(Cc3ccccc3)c3ccccc23)c1. The first kappa shape index (κ1) is 22.7. The van der Waals surface area contributed by atoms with Crippen molar-refractivity contribution in [2.24, 2.45) is 0 Å². The molecule has 0 radical (unpaired) electrons. The van der Waals surface area contributed by atoms with Gasteiger partial charge in [0, 0.05) is 60.8 Å². The number of aromatic amines is 1. The molecule has 2 N–H and O–H groups in total. The lowest BCUT2D eigenvalue weighted by molar-refractivity contribution is -0.121. The molecular formula is C30H30N4O. The van der Waals surface area contributed by atoms with Crippen LogP contribution in [-0.2, 0) is 17.8 Å². The van der Waals surface area contributed by atoms with E-state index in [1.54, 1.807) is 12.5 Å². The van der Waals surface area contributed by atoms with E-state index >= 15 is 0 Å². The molecule has 5 rings (SSSR count). The third-order valence-electron chi connectivity index (χ3n) is 6.50.